The fraction of sp³-hybridized carbons (Fsp3) is 0.100. The van der Waals surface area contributed by atoms with Crippen LogP contribution >= 0.6 is 11.6 Å². The van der Waals surface area contributed by atoms with Crippen LogP contribution in [0.5, 0.6) is 5.75 Å². The summed E-state index contributed by atoms with van der Waals surface area (Å²) < 4.78 is 6.71. The van der Waals surface area contributed by atoms with Crippen molar-refractivity contribution >= 4 is 17.3 Å². The third kappa shape index (κ3) is 1.89. The zero-order valence-electron chi connectivity index (χ0n) is 8.14. The number of hydrogen-bond acceptors (Lipinski definition) is 3. The standard InChI is InChI=1S/C10H10ClN3O/c1-15-10-3-2-8(4-9(10)11)14-6-7(12)5-13-14/h2-6H,12H2,1H3. The van der Waals surface area contributed by atoms with Crippen LogP contribution < -0.4 is 10.5 Å². The van der Waals surface area contributed by atoms with E-state index < -0.39 is 0 Å². The van der Waals surface area contributed by atoms with Crippen molar-refractivity contribution in [3.63, 3.8) is 0 Å². The molecule has 78 valence electrons. The molecule has 15 heavy (non-hydrogen) atoms. The van der Waals surface area contributed by atoms with Crippen LogP contribution in [-0.2, 0) is 0 Å². The van der Waals surface area contributed by atoms with Gasteiger partial charge < -0.3 is 10.5 Å². The molecule has 1 heterocycles. The van der Waals surface area contributed by atoms with Gasteiger partial charge in [-0.15, -0.1) is 0 Å². The number of hydrogen-bond donors (Lipinski definition) is 1. The van der Waals surface area contributed by atoms with Gasteiger partial charge in [0.15, 0.2) is 0 Å². The van der Waals surface area contributed by atoms with Crippen molar-refractivity contribution in [1.82, 2.24) is 9.78 Å². The van der Waals surface area contributed by atoms with Gasteiger partial charge in [-0.2, -0.15) is 5.10 Å². The van der Waals surface area contributed by atoms with Crippen molar-refractivity contribution < 1.29 is 4.74 Å². The maximum absolute atomic E-state index is 5.99. The second-order valence-electron chi connectivity index (χ2n) is 3.04. The number of ether oxygens (including phenoxy) is 1. The smallest absolute Gasteiger partial charge is 0.137 e. The monoisotopic (exact) mass is 223 g/mol. The van der Waals surface area contributed by atoms with E-state index in [1.807, 2.05) is 6.07 Å². The Morgan fingerprint density at radius 1 is 1.47 bits per heavy atom. The normalized spacial score (nSPS) is 10.3. The van der Waals surface area contributed by atoms with Crippen molar-refractivity contribution in [1.29, 1.82) is 0 Å². The molecule has 0 radical (unpaired) electrons. The van der Waals surface area contributed by atoms with Gasteiger partial charge in [0.05, 0.1) is 35.9 Å². The molecule has 0 unspecified atom stereocenters. The first-order valence-corrected chi connectivity index (χ1v) is 4.72. The second kappa shape index (κ2) is 3.82. The van der Waals surface area contributed by atoms with Gasteiger partial charge in [-0.3, -0.25) is 0 Å². The van der Waals surface area contributed by atoms with Crippen molar-refractivity contribution in [3.05, 3.63) is 35.6 Å². The maximum atomic E-state index is 5.99. The van der Waals surface area contributed by atoms with E-state index >= 15 is 0 Å². The van der Waals surface area contributed by atoms with Crippen LogP contribution in [0.3, 0.4) is 0 Å². The number of methoxy groups -OCH3 is 1. The molecule has 1 aromatic heterocycles. The molecular formula is C10H10ClN3O. The molecule has 0 atom stereocenters. The Kier molecular flexibility index (Phi) is 2.51. The largest absolute Gasteiger partial charge is 0.495 e. The van der Waals surface area contributed by atoms with Crippen molar-refractivity contribution in [2.24, 2.45) is 0 Å². The molecule has 0 fully saturated rings. The van der Waals surface area contributed by atoms with E-state index in [2.05, 4.69) is 5.10 Å². The Labute approximate surface area is 92.2 Å². The Morgan fingerprint density at radius 2 is 2.27 bits per heavy atom. The van der Waals surface area contributed by atoms with Crippen molar-refractivity contribution in [3.8, 4) is 11.4 Å². The summed E-state index contributed by atoms with van der Waals surface area (Å²) in [5, 5.41) is 4.62. The minimum Gasteiger partial charge on any atom is -0.495 e. The van der Waals surface area contributed by atoms with Gasteiger partial charge in [0, 0.05) is 0 Å². The lowest BCUT2D eigenvalue weighted by Gasteiger charge is -2.05. The van der Waals surface area contributed by atoms with Gasteiger partial charge in [-0.1, -0.05) is 11.6 Å². The van der Waals surface area contributed by atoms with E-state index in [-0.39, 0.29) is 0 Å². The molecule has 0 aliphatic rings. The third-order valence-corrected chi connectivity index (χ3v) is 2.30. The Hall–Kier alpha value is -1.68. The number of nitrogens with zero attached hydrogens (tertiary/aromatic N) is 2. The molecular weight excluding hydrogens is 214 g/mol. The highest BCUT2D eigenvalue weighted by atomic mass is 35.5. The summed E-state index contributed by atoms with van der Waals surface area (Å²) >= 11 is 5.99. The van der Waals surface area contributed by atoms with E-state index in [9.17, 15) is 0 Å². The number of nitrogen functional groups attached to an aromatic ring is 1. The minimum atomic E-state index is 0.545. The number of halogens is 1. The molecule has 1 aromatic carbocycles. The number of aromatic nitrogens is 2. The van der Waals surface area contributed by atoms with E-state index in [0.717, 1.165) is 5.69 Å². The highest BCUT2D eigenvalue weighted by Crippen LogP contribution is 2.26. The molecule has 2 aromatic rings. The van der Waals surface area contributed by atoms with Gasteiger partial charge in [-0.25, -0.2) is 4.68 Å². The molecule has 0 aliphatic carbocycles. The van der Waals surface area contributed by atoms with Crippen LogP contribution in [0, 0.1) is 0 Å². The van der Waals surface area contributed by atoms with E-state index in [1.165, 1.54) is 0 Å². The predicted octanol–water partition coefficient (Wildman–Crippen LogP) is 2.12. The summed E-state index contributed by atoms with van der Waals surface area (Å²) in [5.41, 5.74) is 7.03. The van der Waals surface area contributed by atoms with Crippen LogP contribution in [0.25, 0.3) is 5.69 Å². The molecule has 2 N–H and O–H groups in total. The Bertz CT molecular complexity index is 481. The SMILES string of the molecule is COc1ccc(-n2cc(N)cn2)cc1Cl. The molecule has 0 saturated heterocycles. The van der Waals surface area contributed by atoms with Gasteiger partial charge in [0.1, 0.15) is 5.75 Å². The summed E-state index contributed by atoms with van der Waals surface area (Å²) in [6.45, 7) is 0. The third-order valence-electron chi connectivity index (χ3n) is 2.00. The molecule has 0 bridgehead atoms. The minimum absolute atomic E-state index is 0.545. The summed E-state index contributed by atoms with van der Waals surface area (Å²) in [6.07, 6.45) is 3.30. The predicted molar refractivity (Wildman–Crippen MR) is 59.5 cm³/mol. The highest BCUT2D eigenvalue weighted by molar-refractivity contribution is 6.32. The second-order valence-corrected chi connectivity index (χ2v) is 3.44. The average molecular weight is 224 g/mol. The summed E-state index contributed by atoms with van der Waals surface area (Å²) in [4.78, 5) is 0. The van der Waals surface area contributed by atoms with E-state index in [0.29, 0.717) is 16.5 Å². The average Bonchev–Trinajstić information content (AvgIpc) is 2.65. The molecule has 0 saturated carbocycles. The Balaban J connectivity index is 2.42. The molecule has 4 nitrogen and oxygen atoms in total. The number of nitrogens with two attached hydrogens (primary N) is 1. The van der Waals surface area contributed by atoms with Crippen LogP contribution in [-0.4, -0.2) is 16.9 Å². The first-order valence-electron chi connectivity index (χ1n) is 4.35. The lowest BCUT2D eigenvalue weighted by molar-refractivity contribution is 0.415. The van der Waals surface area contributed by atoms with Crippen molar-refractivity contribution in [2.75, 3.05) is 12.8 Å². The zero-order chi connectivity index (χ0) is 10.8. The van der Waals surface area contributed by atoms with Crippen LogP contribution in [0.2, 0.25) is 5.02 Å². The number of anilines is 1. The molecule has 2 rings (SSSR count). The first kappa shape index (κ1) is 9.86. The fourth-order valence-electron chi connectivity index (χ4n) is 1.28. The molecule has 0 amide bonds. The van der Waals surface area contributed by atoms with Crippen LogP contribution in [0.1, 0.15) is 0 Å². The van der Waals surface area contributed by atoms with Gasteiger partial charge in [0.2, 0.25) is 0 Å². The summed E-state index contributed by atoms with van der Waals surface area (Å²) in [5.74, 6) is 0.639. The lowest BCUT2D eigenvalue weighted by atomic mass is 10.3. The molecule has 0 spiro atoms. The maximum Gasteiger partial charge on any atom is 0.137 e. The number of rotatable bonds is 2. The van der Waals surface area contributed by atoms with Crippen LogP contribution in [0.4, 0.5) is 5.69 Å². The van der Waals surface area contributed by atoms with Gasteiger partial charge in [0.25, 0.3) is 0 Å². The van der Waals surface area contributed by atoms with Gasteiger partial charge in [-0.05, 0) is 18.2 Å². The Morgan fingerprint density at radius 3 is 2.80 bits per heavy atom. The number of benzene rings is 1. The molecule has 5 heteroatoms. The van der Waals surface area contributed by atoms with E-state index in [1.54, 1.807) is 36.3 Å². The van der Waals surface area contributed by atoms with Gasteiger partial charge >= 0.3 is 0 Å². The summed E-state index contributed by atoms with van der Waals surface area (Å²) in [7, 11) is 1.58. The zero-order valence-corrected chi connectivity index (χ0v) is 8.90. The summed E-state index contributed by atoms with van der Waals surface area (Å²) in [6, 6.07) is 5.42. The molecule has 0 aliphatic heterocycles. The topological polar surface area (TPSA) is 53.1 Å². The highest BCUT2D eigenvalue weighted by Gasteiger charge is 2.03. The van der Waals surface area contributed by atoms with Crippen LogP contribution in [0.15, 0.2) is 30.6 Å². The quantitative estimate of drug-likeness (QED) is 0.849. The first-order chi connectivity index (χ1) is 7.20. The lowest BCUT2D eigenvalue weighted by Crippen LogP contribution is -1.94. The fourth-order valence-corrected chi connectivity index (χ4v) is 1.53. The van der Waals surface area contributed by atoms with E-state index in [4.69, 9.17) is 22.1 Å². The van der Waals surface area contributed by atoms with Crippen molar-refractivity contribution in [2.45, 2.75) is 0 Å².